The van der Waals surface area contributed by atoms with Crippen LogP contribution in [0.4, 0.5) is 0 Å². The Balaban J connectivity index is 1.97. The van der Waals surface area contributed by atoms with E-state index in [9.17, 15) is 14.7 Å². The number of likely N-dealkylation sites (tertiary alicyclic amines) is 1. The van der Waals surface area contributed by atoms with Crippen LogP contribution in [0.1, 0.15) is 36.9 Å². The largest absolute Gasteiger partial charge is 0.507 e. The number of methoxy groups -OCH3 is 2. The van der Waals surface area contributed by atoms with Gasteiger partial charge < -0.3 is 19.5 Å². The first-order valence-corrected chi connectivity index (χ1v) is 11.0. The fraction of sp³-hybridized carbons (Fsp3) is 0.259. The molecule has 170 valence electrons. The molecular formula is C27H27NO5. The minimum atomic E-state index is -0.700. The number of ether oxygens (including phenoxy) is 2. The van der Waals surface area contributed by atoms with Gasteiger partial charge in [-0.05, 0) is 34.9 Å². The van der Waals surface area contributed by atoms with Gasteiger partial charge >= 0.3 is 0 Å². The van der Waals surface area contributed by atoms with Crippen LogP contribution in [0.2, 0.25) is 0 Å². The van der Waals surface area contributed by atoms with Crippen molar-refractivity contribution < 1.29 is 24.2 Å². The number of rotatable bonds is 7. The first-order valence-electron chi connectivity index (χ1n) is 11.0. The maximum absolute atomic E-state index is 13.3. The Labute approximate surface area is 193 Å². The summed E-state index contributed by atoms with van der Waals surface area (Å²) in [6.07, 6.45) is 1.62. The molecular weight excluding hydrogens is 418 g/mol. The Kier molecular flexibility index (Phi) is 6.36. The molecule has 0 aromatic heterocycles. The van der Waals surface area contributed by atoms with Crippen LogP contribution < -0.4 is 9.47 Å². The molecule has 0 bridgehead atoms. The fourth-order valence-corrected chi connectivity index (χ4v) is 4.39. The smallest absolute Gasteiger partial charge is 0.295 e. The van der Waals surface area contributed by atoms with E-state index < -0.39 is 17.7 Å². The van der Waals surface area contributed by atoms with Gasteiger partial charge in [0.25, 0.3) is 11.7 Å². The van der Waals surface area contributed by atoms with E-state index in [4.69, 9.17) is 9.47 Å². The van der Waals surface area contributed by atoms with Crippen molar-refractivity contribution in [2.24, 2.45) is 0 Å². The Morgan fingerprint density at radius 1 is 1.00 bits per heavy atom. The number of aliphatic hydroxyl groups excluding tert-OH is 1. The molecule has 1 fully saturated rings. The third-order valence-corrected chi connectivity index (χ3v) is 6.07. The number of carbonyl (C=O) groups excluding carboxylic acids is 2. The molecule has 0 spiro atoms. The monoisotopic (exact) mass is 445 g/mol. The molecule has 6 nitrogen and oxygen atoms in total. The first kappa shape index (κ1) is 22.4. The second-order valence-corrected chi connectivity index (χ2v) is 7.98. The van der Waals surface area contributed by atoms with Crippen LogP contribution in [0.15, 0.2) is 66.2 Å². The van der Waals surface area contributed by atoms with Crippen LogP contribution in [0.5, 0.6) is 11.5 Å². The number of fused-ring (bicyclic) bond motifs is 1. The molecule has 4 rings (SSSR count). The van der Waals surface area contributed by atoms with Gasteiger partial charge in [0.05, 0.1) is 31.4 Å². The van der Waals surface area contributed by atoms with Crippen LogP contribution in [0.25, 0.3) is 16.5 Å². The second kappa shape index (κ2) is 9.36. The number of hydrogen-bond acceptors (Lipinski definition) is 5. The lowest BCUT2D eigenvalue weighted by Gasteiger charge is -2.26. The van der Waals surface area contributed by atoms with Gasteiger partial charge in [0.15, 0.2) is 0 Å². The summed E-state index contributed by atoms with van der Waals surface area (Å²) in [7, 11) is 3.02. The predicted molar refractivity (Wildman–Crippen MR) is 127 cm³/mol. The van der Waals surface area contributed by atoms with E-state index in [1.54, 1.807) is 23.1 Å². The average molecular weight is 446 g/mol. The predicted octanol–water partition coefficient (Wildman–Crippen LogP) is 5.08. The van der Waals surface area contributed by atoms with Gasteiger partial charge in [0.2, 0.25) is 0 Å². The molecule has 1 heterocycles. The van der Waals surface area contributed by atoms with E-state index >= 15 is 0 Å². The number of ketones is 1. The van der Waals surface area contributed by atoms with Gasteiger partial charge in [-0.25, -0.2) is 0 Å². The highest BCUT2D eigenvalue weighted by Gasteiger charge is 2.46. The van der Waals surface area contributed by atoms with Gasteiger partial charge in [-0.2, -0.15) is 0 Å². The van der Waals surface area contributed by atoms with Gasteiger partial charge in [-0.3, -0.25) is 9.59 Å². The summed E-state index contributed by atoms with van der Waals surface area (Å²) in [6.45, 7) is 2.46. The lowest BCUT2D eigenvalue weighted by Crippen LogP contribution is -2.30. The van der Waals surface area contributed by atoms with Crippen LogP contribution >= 0.6 is 0 Å². The first-order chi connectivity index (χ1) is 16.0. The van der Waals surface area contributed by atoms with Gasteiger partial charge in [-0.15, -0.1) is 0 Å². The molecule has 0 aliphatic carbocycles. The van der Waals surface area contributed by atoms with E-state index in [2.05, 4.69) is 0 Å². The number of amides is 1. The van der Waals surface area contributed by atoms with Gasteiger partial charge in [-0.1, -0.05) is 55.8 Å². The van der Waals surface area contributed by atoms with Crippen molar-refractivity contribution in [3.63, 3.8) is 0 Å². The van der Waals surface area contributed by atoms with E-state index in [-0.39, 0.29) is 11.3 Å². The number of unbranched alkanes of at least 4 members (excludes halogenated alkanes) is 1. The van der Waals surface area contributed by atoms with Crippen LogP contribution in [0, 0.1) is 0 Å². The summed E-state index contributed by atoms with van der Waals surface area (Å²) in [5, 5.41) is 13.3. The Morgan fingerprint density at radius 3 is 2.48 bits per heavy atom. The molecule has 0 radical (unpaired) electrons. The number of Topliss-reactive ketones (excluding diaryl/α,β-unsaturated/α-hetero) is 1. The molecule has 3 aromatic rings. The molecule has 1 amide bonds. The lowest BCUT2D eigenvalue weighted by atomic mass is 9.91. The summed E-state index contributed by atoms with van der Waals surface area (Å²) in [5.41, 5.74) is 1.20. The quantitative estimate of drug-likeness (QED) is 0.312. The van der Waals surface area contributed by atoms with Crippen molar-refractivity contribution in [2.75, 3.05) is 20.8 Å². The van der Waals surface area contributed by atoms with Crippen molar-refractivity contribution >= 4 is 28.2 Å². The molecule has 0 saturated carbocycles. The molecule has 1 atom stereocenters. The Morgan fingerprint density at radius 2 is 1.76 bits per heavy atom. The molecule has 3 aromatic carbocycles. The molecule has 1 unspecified atom stereocenters. The highest BCUT2D eigenvalue weighted by molar-refractivity contribution is 6.46. The third kappa shape index (κ3) is 3.93. The topological polar surface area (TPSA) is 76.1 Å². The van der Waals surface area contributed by atoms with Crippen LogP contribution in [0.3, 0.4) is 0 Å². The maximum atomic E-state index is 13.3. The van der Waals surface area contributed by atoms with Crippen molar-refractivity contribution in [3.8, 4) is 11.5 Å². The molecule has 1 saturated heterocycles. The standard InChI is InChI=1S/C27H27NO5/c1-4-5-15-28-24(20-12-8-10-17-9-6-7-11-19(17)20)23(26(30)27(28)31)25(29)21-14-13-18(32-2)16-22(21)33-3/h6-14,16,24,29H,4-5,15H2,1-3H3/b25-23+. The van der Waals surface area contributed by atoms with Crippen molar-refractivity contribution in [1.29, 1.82) is 0 Å². The van der Waals surface area contributed by atoms with Crippen LogP contribution in [-0.2, 0) is 9.59 Å². The zero-order valence-corrected chi connectivity index (χ0v) is 19.0. The highest BCUT2D eigenvalue weighted by atomic mass is 16.5. The zero-order valence-electron chi connectivity index (χ0n) is 19.0. The minimum absolute atomic E-state index is 0.0657. The van der Waals surface area contributed by atoms with E-state index in [0.29, 0.717) is 23.6 Å². The summed E-state index contributed by atoms with van der Waals surface area (Å²) >= 11 is 0. The summed E-state index contributed by atoms with van der Waals surface area (Å²) in [6, 6.07) is 17.9. The van der Waals surface area contributed by atoms with Crippen LogP contribution in [-0.4, -0.2) is 42.5 Å². The molecule has 1 N–H and O–H groups in total. The molecule has 6 heteroatoms. The number of nitrogens with zero attached hydrogens (tertiary/aromatic N) is 1. The summed E-state index contributed by atoms with van der Waals surface area (Å²) in [4.78, 5) is 28.0. The molecule has 1 aliphatic heterocycles. The van der Waals surface area contributed by atoms with Gasteiger partial charge in [0, 0.05) is 12.6 Å². The molecule has 1 aliphatic rings. The maximum Gasteiger partial charge on any atom is 0.295 e. The number of carbonyl (C=O) groups is 2. The second-order valence-electron chi connectivity index (χ2n) is 7.98. The Hall–Kier alpha value is -3.80. The van der Waals surface area contributed by atoms with E-state index in [1.807, 2.05) is 49.4 Å². The minimum Gasteiger partial charge on any atom is -0.507 e. The van der Waals surface area contributed by atoms with Crippen molar-refractivity contribution in [1.82, 2.24) is 4.90 Å². The SMILES string of the molecule is CCCCN1C(=O)C(=O)/C(=C(/O)c2ccc(OC)cc2OC)C1c1cccc2ccccc12. The number of benzene rings is 3. The average Bonchev–Trinajstić information content (AvgIpc) is 3.10. The number of hydrogen-bond donors (Lipinski definition) is 1. The van der Waals surface area contributed by atoms with Crippen molar-refractivity contribution in [3.05, 3.63) is 77.4 Å². The third-order valence-electron chi connectivity index (χ3n) is 6.07. The van der Waals surface area contributed by atoms with Crippen molar-refractivity contribution in [2.45, 2.75) is 25.8 Å². The summed E-state index contributed by atoms with van der Waals surface area (Å²) < 4.78 is 10.7. The number of aliphatic hydroxyl groups is 1. The molecule has 33 heavy (non-hydrogen) atoms. The van der Waals surface area contributed by atoms with E-state index in [1.165, 1.54) is 14.2 Å². The Bertz CT molecular complexity index is 1240. The zero-order chi connectivity index (χ0) is 23.5. The fourth-order valence-electron chi connectivity index (χ4n) is 4.39. The van der Waals surface area contributed by atoms with E-state index in [0.717, 1.165) is 29.2 Å². The highest BCUT2D eigenvalue weighted by Crippen LogP contribution is 2.43. The normalized spacial score (nSPS) is 17.5. The summed E-state index contributed by atoms with van der Waals surface area (Å²) in [5.74, 6) is -0.653. The van der Waals surface area contributed by atoms with Gasteiger partial charge in [0.1, 0.15) is 17.3 Å². The lowest BCUT2D eigenvalue weighted by molar-refractivity contribution is -0.139.